The van der Waals surface area contributed by atoms with Crippen LogP contribution < -0.4 is 0 Å². The lowest BCUT2D eigenvalue weighted by atomic mass is 10.0. The van der Waals surface area contributed by atoms with Gasteiger partial charge in [-0.3, -0.25) is 0 Å². The molecule has 14 heavy (non-hydrogen) atoms. The van der Waals surface area contributed by atoms with Crippen molar-refractivity contribution in [2.75, 3.05) is 0 Å². The number of halogens is 1. The van der Waals surface area contributed by atoms with Gasteiger partial charge in [-0.1, -0.05) is 51.3 Å². The highest BCUT2D eigenvalue weighted by molar-refractivity contribution is 5.64. The Labute approximate surface area is 85.8 Å². The zero-order valence-electron chi connectivity index (χ0n) is 9.10. The van der Waals surface area contributed by atoms with Gasteiger partial charge in [-0.15, -0.1) is 0 Å². The summed E-state index contributed by atoms with van der Waals surface area (Å²) in [4.78, 5) is 0. The van der Waals surface area contributed by atoms with E-state index < -0.39 is 0 Å². The zero-order valence-corrected chi connectivity index (χ0v) is 9.10. The van der Waals surface area contributed by atoms with E-state index >= 15 is 0 Å². The fraction of sp³-hybridized carbons (Fsp3) is 0.231. The topological polar surface area (TPSA) is 0 Å². The Morgan fingerprint density at radius 2 is 1.71 bits per heavy atom. The Morgan fingerprint density at radius 3 is 2.14 bits per heavy atom. The second-order valence-electron chi connectivity index (χ2n) is 2.61. The van der Waals surface area contributed by atoms with Crippen molar-refractivity contribution < 1.29 is 4.39 Å². The molecule has 1 heteroatoms. The van der Waals surface area contributed by atoms with Gasteiger partial charge in [0.05, 0.1) is 0 Å². The molecule has 0 unspecified atom stereocenters. The summed E-state index contributed by atoms with van der Waals surface area (Å²) < 4.78 is 13.3. The largest absolute Gasteiger partial charge is 0.206 e. The third kappa shape index (κ3) is 2.56. The van der Waals surface area contributed by atoms with Gasteiger partial charge < -0.3 is 0 Å². The molecule has 0 aliphatic heterocycles. The van der Waals surface area contributed by atoms with E-state index in [1.807, 2.05) is 19.9 Å². The van der Waals surface area contributed by atoms with Gasteiger partial charge in [-0.05, 0) is 18.1 Å². The van der Waals surface area contributed by atoms with E-state index in [9.17, 15) is 4.39 Å². The van der Waals surface area contributed by atoms with Crippen molar-refractivity contribution in [2.24, 2.45) is 0 Å². The Kier molecular flexibility index (Phi) is 5.54. The maximum atomic E-state index is 13.3. The van der Waals surface area contributed by atoms with E-state index in [-0.39, 0.29) is 5.82 Å². The van der Waals surface area contributed by atoms with Crippen molar-refractivity contribution in [3.63, 3.8) is 0 Å². The van der Waals surface area contributed by atoms with Gasteiger partial charge in [-0.2, -0.15) is 0 Å². The van der Waals surface area contributed by atoms with Crippen LogP contribution in [0.1, 0.15) is 30.5 Å². The first-order valence-corrected chi connectivity index (χ1v) is 4.74. The quantitative estimate of drug-likeness (QED) is 0.649. The first-order valence-electron chi connectivity index (χ1n) is 4.74. The molecule has 0 spiro atoms. The molecular weight excluding hydrogens is 175 g/mol. The van der Waals surface area contributed by atoms with Crippen LogP contribution in [0.4, 0.5) is 4.39 Å². The molecule has 0 saturated carbocycles. The van der Waals surface area contributed by atoms with Crippen molar-refractivity contribution in [3.05, 3.63) is 47.8 Å². The number of hydrogen-bond acceptors (Lipinski definition) is 0. The minimum atomic E-state index is -0.206. The number of aryl methyl sites for hydroxylation is 1. The standard InChI is InChI=1S/C11H11F.C2H6/c1-4-9-7-6-8(3)11(12)10(9)5-2;1-2/h4-7H,1-2H2,3H3;1-2H3. The monoisotopic (exact) mass is 192 g/mol. The molecular formula is C13H17F. The molecule has 0 bridgehead atoms. The first kappa shape index (κ1) is 12.6. The summed E-state index contributed by atoms with van der Waals surface area (Å²) >= 11 is 0. The van der Waals surface area contributed by atoms with Gasteiger partial charge in [0, 0.05) is 5.56 Å². The Bertz CT molecular complexity index is 324. The van der Waals surface area contributed by atoms with Crippen LogP contribution in [0.15, 0.2) is 25.3 Å². The molecule has 0 amide bonds. The minimum Gasteiger partial charge on any atom is -0.206 e. The normalized spacial score (nSPS) is 8.57. The zero-order chi connectivity index (χ0) is 11.1. The van der Waals surface area contributed by atoms with Crippen molar-refractivity contribution in [1.29, 1.82) is 0 Å². The second-order valence-corrected chi connectivity index (χ2v) is 2.61. The average Bonchev–Trinajstić information content (AvgIpc) is 2.24. The summed E-state index contributed by atoms with van der Waals surface area (Å²) in [6.07, 6.45) is 3.14. The average molecular weight is 192 g/mol. The van der Waals surface area contributed by atoms with Gasteiger partial charge in [0.2, 0.25) is 0 Å². The van der Waals surface area contributed by atoms with Gasteiger partial charge in [0.15, 0.2) is 0 Å². The van der Waals surface area contributed by atoms with E-state index in [2.05, 4.69) is 13.2 Å². The molecule has 0 aliphatic rings. The van der Waals surface area contributed by atoms with E-state index in [1.54, 1.807) is 19.1 Å². The van der Waals surface area contributed by atoms with Crippen molar-refractivity contribution in [3.8, 4) is 0 Å². The van der Waals surface area contributed by atoms with E-state index in [1.165, 1.54) is 6.08 Å². The van der Waals surface area contributed by atoms with Crippen molar-refractivity contribution in [2.45, 2.75) is 20.8 Å². The fourth-order valence-corrected chi connectivity index (χ4v) is 1.10. The third-order valence-corrected chi connectivity index (χ3v) is 1.83. The highest BCUT2D eigenvalue weighted by Gasteiger charge is 2.04. The lowest BCUT2D eigenvalue weighted by molar-refractivity contribution is 0.615. The second kappa shape index (κ2) is 6.14. The Hall–Kier alpha value is -1.37. The number of rotatable bonds is 2. The molecule has 1 aromatic carbocycles. The summed E-state index contributed by atoms with van der Waals surface area (Å²) in [5.41, 5.74) is 1.95. The van der Waals surface area contributed by atoms with Crippen LogP contribution in [0.2, 0.25) is 0 Å². The predicted octanol–water partition coefficient (Wildman–Crippen LogP) is 4.45. The lowest BCUT2D eigenvalue weighted by Gasteiger charge is -2.04. The Balaban J connectivity index is 0.000000791. The van der Waals surface area contributed by atoms with E-state index in [0.29, 0.717) is 11.1 Å². The van der Waals surface area contributed by atoms with Crippen molar-refractivity contribution in [1.82, 2.24) is 0 Å². The molecule has 1 rings (SSSR count). The molecule has 0 heterocycles. The highest BCUT2D eigenvalue weighted by Crippen LogP contribution is 2.19. The summed E-state index contributed by atoms with van der Waals surface area (Å²) in [6, 6.07) is 3.57. The third-order valence-electron chi connectivity index (χ3n) is 1.83. The van der Waals surface area contributed by atoms with Gasteiger partial charge in [-0.25, -0.2) is 4.39 Å². The summed E-state index contributed by atoms with van der Waals surface area (Å²) in [5, 5.41) is 0. The highest BCUT2D eigenvalue weighted by atomic mass is 19.1. The molecule has 0 radical (unpaired) electrons. The molecule has 0 N–H and O–H groups in total. The van der Waals surface area contributed by atoms with E-state index in [0.717, 1.165) is 5.56 Å². The molecule has 0 aromatic heterocycles. The maximum Gasteiger partial charge on any atom is 0.133 e. The van der Waals surface area contributed by atoms with Crippen LogP contribution >= 0.6 is 0 Å². The van der Waals surface area contributed by atoms with Crippen LogP contribution in [0, 0.1) is 12.7 Å². The van der Waals surface area contributed by atoms with Crippen LogP contribution in [0.3, 0.4) is 0 Å². The number of hydrogen-bond donors (Lipinski definition) is 0. The van der Waals surface area contributed by atoms with Gasteiger partial charge >= 0.3 is 0 Å². The minimum absolute atomic E-state index is 0.206. The predicted molar refractivity (Wildman–Crippen MR) is 62.7 cm³/mol. The molecule has 0 atom stereocenters. The molecule has 0 fully saturated rings. The van der Waals surface area contributed by atoms with Gasteiger partial charge in [0.25, 0.3) is 0 Å². The Morgan fingerprint density at radius 1 is 1.14 bits per heavy atom. The molecule has 1 aromatic rings. The molecule has 0 saturated heterocycles. The first-order chi connectivity index (χ1) is 6.70. The summed E-state index contributed by atoms with van der Waals surface area (Å²) in [7, 11) is 0. The fourth-order valence-electron chi connectivity index (χ4n) is 1.10. The number of benzene rings is 1. The summed E-state index contributed by atoms with van der Waals surface area (Å²) in [6.45, 7) is 12.9. The van der Waals surface area contributed by atoms with Crippen LogP contribution in [-0.2, 0) is 0 Å². The van der Waals surface area contributed by atoms with Gasteiger partial charge in [0.1, 0.15) is 5.82 Å². The molecule has 0 nitrogen and oxygen atoms in total. The summed E-state index contributed by atoms with van der Waals surface area (Å²) in [5.74, 6) is -0.206. The van der Waals surface area contributed by atoms with Crippen LogP contribution in [0.5, 0.6) is 0 Å². The maximum absolute atomic E-state index is 13.3. The molecule has 0 aliphatic carbocycles. The van der Waals surface area contributed by atoms with Crippen LogP contribution in [0.25, 0.3) is 12.2 Å². The van der Waals surface area contributed by atoms with E-state index in [4.69, 9.17) is 0 Å². The van der Waals surface area contributed by atoms with Crippen molar-refractivity contribution >= 4 is 12.2 Å². The molecule has 76 valence electrons. The smallest absolute Gasteiger partial charge is 0.133 e. The lowest BCUT2D eigenvalue weighted by Crippen LogP contribution is -1.90. The SMILES string of the molecule is C=Cc1ccc(C)c(F)c1C=C.CC. The van der Waals surface area contributed by atoms with Crippen LogP contribution in [-0.4, -0.2) is 0 Å².